The molecular formula is C24H21BrF5N7O. The summed E-state index contributed by atoms with van der Waals surface area (Å²) >= 11 is 3.14. The fourth-order valence-corrected chi connectivity index (χ4v) is 4.60. The van der Waals surface area contributed by atoms with Crippen molar-refractivity contribution in [2.24, 2.45) is 0 Å². The van der Waals surface area contributed by atoms with Crippen LogP contribution in [0.25, 0.3) is 16.9 Å². The minimum atomic E-state index is -5.83. The van der Waals surface area contributed by atoms with Gasteiger partial charge in [0.1, 0.15) is 17.4 Å². The van der Waals surface area contributed by atoms with Crippen LogP contribution >= 0.6 is 15.9 Å². The standard InChI is InChI=1S/C24H21BrF5N7O/c25-15-9-19-20(32-12-15)37(21(35-19)23(26,27)24(28,29)30)16-1-3-17(4-2-16)38-18-5-7-36(8-6-18)13-14-10-33-22(31)34-11-14/h1-4,9-12,18H,5-8,13H2,(H2,31,33,34). The number of nitrogens with two attached hydrogens (primary N) is 1. The van der Waals surface area contributed by atoms with Crippen LogP contribution in [0.1, 0.15) is 24.2 Å². The Kier molecular flexibility index (Phi) is 6.94. The summed E-state index contributed by atoms with van der Waals surface area (Å²) < 4.78 is 75.8. The van der Waals surface area contributed by atoms with Crippen LogP contribution in [0.5, 0.6) is 5.75 Å². The number of ether oxygens (including phenoxy) is 1. The zero-order valence-corrected chi connectivity index (χ0v) is 21.3. The van der Waals surface area contributed by atoms with E-state index in [4.69, 9.17) is 10.5 Å². The summed E-state index contributed by atoms with van der Waals surface area (Å²) in [4.78, 5) is 17.9. The Labute approximate surface area is 221 Å². The van der Waals surface area contributed by atoms with Gasteiger partial charge < -0.3 is 10.5 Å². The lowest BCUT2D eigenvalue weighted by molar-refractivity contribution is -0.292. The molecule has 1 aliphatic heterocycles. The lowest BCUT2D eigenvalue weighted by atomic mass is 10.1. The molecule has 14 heteroatoms. The highest BCUT2D eigenvalue weighted by Crippen LogP contribution is 2.45. The van der Waals surface area contributed by atoms with Crippen LogP contribution in [-0.2, 0) is 12.5 Å². The van der Waals surface area contributed by atoms with Gasteiger partial charge >= 0.3 is 12.1 Å². The molecule has 200 valence electrons. The van der Waals surface area contributed by atoms with Crippen LogP contribution in [0, 0.1) is 0 Å². The molecule has 5 rings (SSSR count). The molecule has 0 radical (unpaired) electrons. The number of nitrogens with zero attached hydrogens (tertiary/aromatic N) is 6. The zero-order chi connectivity index (χ0) is 27.1. The van der Waals surface area contributed by atoms with Crippen LogP contribution in [0.15, 0.2) is 53.4 Å². The van der Waals surface area contributed by atoms with Crippen LogP contribution in [0.4, 0.5) is 27.9 Å². The van der Waals surface area contributed by atoms with E-state index in [2.05, 4.69) is 40.8 Å². The van der Waals surface area contributed by atoms with Crippen molar-refractivity contribution in [3.8, 4) is 11.4 Å². The Morgan fingerprint density at radius 1 is 0.974 bits per heavy atom. The zero-order valence-electron chi connectivity index (χ0n) is 19.7. The molecule has 38 heavy (non-hydrogen) atoms. The molecule has 4 aromatic rings. The lowest BCUT2D eigenvalue weighted by Gasteiger charge is -2.32. The van der Waals surface area contributed by atoms with Gasteiger partial charge in [0.05, 0.1) is 0 Å². The first-order valence-corrected chi connectivity index (χ1v) is 12.4. The highest BCUT2D eigenvalue weighted by atomic mass is 79.9. The van der Waals surface area contributed by atoms with E-state index in [1.54, 1.807) is 12.4 Å². The van der Waals surface area contributed by atoms with Crippen molar-refractivity contribution in [3.05, 3.63) is 64.8 Å². The number of halogens is 6. The predicted octanol–water partition coefficient (Wildman–Crippen LogP) is 5.25. The molecule has 0 atom stereocenters. The van der Waals surface area contributed by atoms with Crippen molar-refractivity contribution in [1.29, 1.82) is 0 Å². The first kappa shape index (κ1) is 26.2. The molecule has 8 nitrogen and oxygen atoms in total. The van der Waals surface area contributed by atoms with E-state index in [0.717, 1.165) is 36.1 Å². The number of nitrogen functional groups attached to an aromatic ring is 1. The van der Waals surface area contributed by atoms with Gasteiger partial charge in [-0.05, 0) is 59.1 Å². The molecule has 1 fully saturated rings. The van der Waals surface area contributed by atoms with E-state index in [-0.39, 0.29) is 28.9 Å². The fourth-order valence-electron chi connectivity index (χ4n) is 4.28. The van der Waals surface area contributed by atoms with Crippen molar-refractivity contribution in [2.75, 3.05) is 18.8 Å². The number of alkyl halides is 5. The second-order valence-electron chi connectivity index (χ2n) is 8.88. The van der Waals surface area contributed by atoms with Crippen molar-refractivity contribution in [2.45, 2.75) is 37.6 Å². The highest BCUT2D eigenvalue weighted by Gasteiger charge is 2.62. The van der Waals surface area contributed by atoms with E-state index >= 15 is 0 Å². The molecule has 4 heterocycles. The number of hydrogen-bond donors (Lipinski definition) is 1. The third-order valence-corrected chi connectivity index (χ3v) is 6.60. The first-order valence-electron chi connectivity index (χ1n) is 11.6. The van der Waals surface area contributed by atoms with Gasteiger partial charge in [-0.2, -0.15) is 22.0 Å². The van der Waals surface area contributed by atoms with E-state index < -0.39 is 17.9 Å². The van der Waals surface area contributed by atoms with Crippen molar-refractivity contribution in [3.63, 3.8) is 0 Å². The number of anilines is 1. The molecule has 0 spiro atoms. The topological polar surface area (TPSA) is 95.0 Å². The average molecular weight is 598 g/mol. The smallest absolute Gasteiger partial charge is 0.461 e. The number of hydrogen-bond acceptors (Lipinski definition) is 7. The van der Waals surface area contributed by atoms with Gasteiger partial charge in [0.25, 0.3) is 0 Å². The van der Waals surface area contributed by atoms with E-state index in [9.17, 15) is 22.0 Å². The molecule has 0 bridgehead atoms. The Morgan fingerprint density at radius 3 is 2.26 bits per heavy atom. The quantitative estimate of drug-likeness (QED) is 0.303. The minimum Gasteiger partial charge on any atom is -0.490 e. The van der Waals surface area contributed by atoms with Gasteiger partial charge in [-0.3, -0.25) is 9.47 Å². The number of aromatic nitrogens is 5. The maximum Gasteiger partial charge on any atom is 0.461 e. The second kappa shape index (κ2) is 10.1. The number of rotatable bonds is 6. The normalized spacial score (nSPS) is 15.7. The molecule has 1 saturated heterocycles. The third kappa shape index (κ3) is 5.27. The summed E-state index contributed by atoms with van der Waals surface area (Å²) in [5.41, 5.74) is 6.30. The van der Waals surface area contributed by atoms with Crippen molar-refractivity contribution in [1.82, 2.24) is 29.4 Å². The van der Waals surface area contributed by atoms with Crippen molar-refractivity contribution < 1.29 is 26.7 Å². The number of piperidine rings is 1. The van der Waals surface area contributed by atoms with Gasteiger partial charge in [0.2, 0.25) is 5.95 Å². The Balaban J connectivity index is 1.31. The van der Waals surface area contributed by atoms with Crippen LogP contribution in [0.3, 0.4) is 0 Å². The van der Waals surface area contributed by atoms with E-state index in [1.165, 1.54) is 36.5 Å². The van der Waals surface area contributed by atoms with Gasteiger partial charge in [-0.1, -0.05) is 0 Å². The molecule has 3 aromatic heterocycles. The fraction of sp³-hybridized carbons (Fsp3) is 0.333. The Hall–Kier alpha value is -3.39. The van der Waals surface area contributed by atoms with E-state index in [1.807, 2.05) is 0 Å². The van der Waals surface area contributed by atoms with Gasteiger partial charge in [0.15, 0.2) is 11.5 Å². The number of likely N-dealkylation sites (tertiary alicyclic amines) is 1. The molecule has 2 N–H and O–H groups in total. The molecule has 1 aliphatic rings. The van der Waals surface area contributed by atoms with E-state index in [0.29, 0.717) is 16.8 Å². The summed E-state index contributed by atoms with van der Waals surface area (Å²) in [6.45, 7) is 2.26. The van der Waals surface area contributed by atoms with Crippen molar-refractivity contribution >= 4 is 33.0 Å². The largest absolute Gasteiger partial charge is 0.490 e. The van der Waals surface area contributed by atoms with Crippen LogP contribution in [-0.4, -0.2) is 54.8 Å². The summed E-state index contributed by atoms with van der Waals surface area (Å²) in [5.74, 6) is -5.95. The number of pyridine rings is 1. The molecule has 1 aromatic carbocycles. The summed E-state index contributed by atoms with van der Waals surface area (Å²) in [6, 6.07) is 7.22. The van der Waals surface area contributed by atoms with Crippen LogP contribution in [0.2, 0.25) is 0 Å². The third-order valence-electron chi connectivity index (χ3n) is 6.16. The van der Waals surface area contributed by atoms with Crippen LogP contribution < -0.4 is 10.5 Å². The minimum absolute atomic E-state index is 0.0501. The lowest BCUT2D eigenvalue weighted by Crippen LogP contribution is -2.37. The Bertz CT molecular complexity index is 1420. The number of benzene rings is 1. The maximum atomic E-state index is 14.4. The SMILES string of the molecule is Nc1ncc(CN2CCC(Oc3ccc(-n4c(C(F)(F)C(F)(F)F)nc5cc(Br)cnc54)cc3)CC2)cn1. The molecule has 0 aliphatic carbocycles. The second-order valence-corrected chi connectivity index (χ2v) is 9.79. The number of imidazole rings is 1. The Morgan fingerprint density at radius 2 is 1.63 bits per heavy atom. The summed E-state index contributed by atoms with van der Waals surface area (Å²) in [5, 5.41) is 0. The van der Waals surface area contributed by atoms with Gasteiger partial charge in [-0.15, -0.1) is 0 Å². The molecule has 0 unspecified atom stereocenters. The molecule has 0 amide bonds. The molecule has 0 saturated carbocycles. The number of fused-ring (bicyclic) bond motifs is 1. The van der Waals surface area contributed by atoms with Gasteiger partial charge in [-0.25, -0.2) is 19.9 Å². The predicted molar refractivity (Wildman–Crippen MR) is 132 cm³/mol. The molecular weight excluding hydrogens is 577 g/mol. The maximum absolute atomic E-state index is 14.4. The average Bonchev–Trinajstić information content (AvgIpc) is 3.26. The first-order chi connectivity index (χ1) is 18.0. The summed E-state index contributed by atoms with van der Waals surface area (Å²) in [6.07, 6.45) is 0.302. The summed E-state index contributed by atoms with van der Waals surface area (Å²) in [7, 11) is 0. The van der Waals surface area contributed by atoms with Gasteiger partial charge in [0, 0.05) is 53.9 Å². The highest BCUT2D eigenvalue weighted by molar-refractivity contribution is 9.10. The monoisotopic (exact) mass is 597 g/mol.